The minimum absolute atomic E-state index is 0.506. The molecule has 0 saturated carbocycles. The first-order chi connectivity index (χ1) is 8.17. The minimum atomic E-state index is 0.506. The number of hydrogen-bond acceptors (Lipinski definition) is 2. The zero-order valence-corrected chi connectivity index (χ0v) is 11.6. The summed E-state index contributed by atoms with van der Waals surface area (Å²) in [5.41, 5.74) is 1.24. The maximum Gasteiger partial charge on any atom is 0.161 e. The van der Waals surface area contributed by atoms with E-state index >= 15 is 0 Å². The van der Waals surface area contributed by atoms with Gasteiger partial charge in [0.25, 0.3) is 0 Å². The SMILES string of the molecule is COc1ccc(CCCCl)cc1OCC(C)C. The Bertz CT molecular complexity index is 337. The summed E-state index contributed by atoms with van der Waals surface area (Å²) < 4.78 is 11.0. The highest BCUT2D eigenvalue weighted by Crippen LogP contribution is 2.28. The number of benzene rings is 1. The van der Waals surface area contributed by atoms with Crippen molar-refractivity contribution in [2.45, 2.75) is 26.7 Å². The van der Waals surface area contributed by atoms with Gasteiger partial charge in [0.1, 0.15) is 0 Å². The molecule has 1 aromatic rings. The van der Waals surface area contributed by atoms with Gasteiger partial charge in [0.15, 0.2) is 11.5 Å². The third-order valence-corrected chi connectivity index (χ3v) is 2.67. The Labute approximate surface area is 109 Å². The van der Waals surface area contributed by atoms with Gasteiger partial charge in [0.05, 0.1) is 13.7 Å². The quantitative estimate of drug-likeness (QED) is 0.689. The van der Waals surface area contributed by atoms with Crippen LogP contribution in [0.2, 0.25) is 0 Å². The number of halogens is 1. The highest BCUT2D eigenvalue weighted by Gasteiger charge is 2.06. The summed E-state index contributed by atoms with van der Waals surface area (Å²) in [5, 5.41) is 0. The molecule has 0 spiro atoms. The van der Waals surface area contributed by atoms with E-state index in [4.69, 9.17) is 21.1 Å². The first kappa shape index (κ1) is 14.2. The highest BCUT2D eigenvalue weighted by atomic mass is 35.5. The molecule has 0 aliphatic carbocycles. The normalized spacial score (nSPS) is 10.6. The van der Waals surface area contributed by atoms with E-state index in [1.807, 2.05) is 12.1 Å². The van der Waals surface area contributed by atoms with Crippen molar-refractivity contribution in [1.82, 2.24) is 0 Å². The number of aryl methyl sites for hydroxylation is 1. The lowest BCUT2D eigenvalue weighted by atomic mass is 10.1. The fourth-order valence-corrected chi connectivity index (χ4v) is 1.65. The van der Waals surface area contributed by atoms with Crippen LogP contribution in [0.1, 0.15) is 25.8 Å². The molecule has 0 radical (unpaired) electrons. The first-order valence-electron chi connectivity index (χ1n) is 6.03. The average molecular weight is 257 g/mol. The predicted octanol–water partition coefficient (Wildman–Crippen LogP) is 3.90. The van der Waals surface area contributed by atoms with Crippen LogP contribution in [0.4, 0.5) is 0 Å². The van der Waals surface area contributed by atoms with Gasteiger partial charge in [0.2, 0.25) is 0 Å². The molecule has 0 saturated heterocycles. The van der Waals surface area contributed by atoms with Gasteiger partial charge in [0, 0.05) is 5.88 Å². The van der Waals surface area contributed by atoms with E-state index in [0.29, 0.717) is 18.4 Å². The molecule has 0 atom stereocenters. The van der Waals surface area contributed by atoms with E-state index < -0.39 is 0 Å². The van der Waals surface area contributed by atoms with E-state index in [1.165, 1.54) is 5.56 Å². The molecule has 1 rings (SSSR count). The summed E-state index contributed by atoms with van der Waals surface area (Å²) in [6.07, 6.45) is 1.96. The standard InChI is InChI=1S/C14H21ClO2/c1-11(2)10-17-14-9-12(5-4-8-15)6-7-13(14)16-3/h6-7,9,11H,4-5,8,10H2,1-3H3. The molecule has 0 aliphatic rings. The van der Waals surface area contributed by atoms with Crippen molar-refractivity contribution in [3.05, 3.63) is 23.8 Å². The molecule has 0 N–H and O–H groups in total. The van der Waals surface area contributed by atoms with Gasteiger partial charge in [-0.25, -0.2) is 0 Å². The van der Waals surface area contributed by atoms with Crippen LogP contribution in [0.5, 0.6) is 11.5 Å². The molecule has 96 valence electrons. The third kappa shape index (κ3) is 4.86. The van der Waals surface area contributed by atoms with Crippen LogP contribution in [-0.2, 0) is 6.42 Å². The topological polar surface area (TPSA) is 18.5 Å². The summed E-state index contributed by atoms with van der Waals surface area (Å²) in [6.45, 7) is 4.96. The molecule has 0 unspecified atom stereocenters. The largest absolute Gasteiger partial charge is 0.493 e. The van der Waals surface area contributed by atoms with Gasteiger partial charge >= 0.3 is 0 Å². The fraction of sp³-hybridized carbons (Fsp3) is 0.571. The minimum Gasteiger partial charge on any atom is -0.493 e. The number of ether oxygens (including phenoxy) is 2. The molecule has 17 heavy (non-hydrogen) atoms. The Balaban J connectivity index is 2.75. The van der Waals surface area contributed by atoms with Crippen molar-refractivity contribution in [1.29, 1.82) is 0 Å². The van der Waals surface area contributed by atoms with E-state index in [9.17, 15) is 0 Å². The van der Waals surface area contributed by atoms with Gasteiger partial charge in [-0.15, -0.1) is 11.6 Å². The molecular formula is C14H21ClO2. The van der Waals surface area contributed by atoms with Crippen LogP contribution in [-0.4, -0.2) is 19.6 Å². The second-order valence-corrected chi connectivity index (χ2v) is 4.86. The van der Waals surface area contributed by atoms with Crippen molar-refractivity contribution in [3.63, 3.8) is 0 Å². The Kier molecular flexibility index (Phi) is 6.20. The Morgan fingerprint density at radius 1 is 1.24 bits per heavy atom. The van der Waals surface area contributed by atoms with Gasteiger partial charge < -0.3 is 9.47 Å². The Hall–Kier alpha value is -0.890. The summed E-state index contributed by atoms with van der Waals surface area (Å²) in [4.78, 5) is 0. The van der Waals surface area contributed by atoms with E-state index in [-0.39, 0.29) is 0 Å². The molecule has 2 nitrogen and oxygen atoms in total. The summed E-state index contributed by atoms with van der Waals surface area (Å²) in [6, 6.07) is 6.07. The van der Waals surface area contributed by atoms with Crippen LogP contribution < -0.4 is 9.47 Å². The maximum absolute atomic E-state index is 5.75. The van der Waals surface area contributed by atoms with Gasteiger partial charge in [-0.3, -0.25) is 0 Å². The third-order valence-electron chi connectivity index (χ3n) is 2.40. The monoisotopic (exact) mass is 256 g/mol. The first-order valence-corrected chi connectivity index (χ1v) is 6.56. The average Bonchev–Trinajstić information content (AvgIpc) is 2.33. The van der Waals surface area contributed by atoms with Crippen LogP contribution in [0.3, 0.4) is 0 Å². The molecule has 0 amide bonds. The second kappa shape index (κ2) is 7.44. The number of rotatable bonds is 7. The number of methoxy groups -OCH3 is 1. The number of hydrogen-bond donors (Lipinski definition) is 0. The lowest BCUT2D eigenvalue weighted by molar-refractivity contribution is 0.256. The van der Waals surface area contributed by atoms with E-state index in [0.717, 1.165) is 24.3 Å². The Morgan fingerprint density at radius 3 is 2.59 bits per heavy atom. The van der Waals surface area contributed by atoms with Gasteiger partial charge in [-0.1, -0.05) is 19.9 Å². The second-order valence-electron chi connectivity index (χ2n) is 4.48. The molecule has 0 aliphatic heterocycles. The van der Waals surface area contributed by atoms with Crippen LogP contribution in [0.15, 0.2) is 18.2 Å². The van der Waals surface area contributed by atoms with Crippen LogP contribution in [0, 0.1) is 5.92 Å². The molecule has 1 aromatic carbocycles. The smallest absolute Gasteiger partial charge is 0.161 e. The van der Waals surface area contributed by atoms with Gasteiger partial charge in [-0.2, -0.15) is 0 Å². The van der Waals surface area contributed by atoms with Crippen molar-refractivity contribution in [2.75, 3.05) is 19.6 Å². The fourth-order valence-electron chi connectivity index (χ4n) is 1.52. The van der Waals surface area contributed by atoms with Gasteiger partial charge in [-0.05, 0) is 36.5 Å². The lowest BCUT2D eigenvalue weighted by Gasteiger charge is -2.13. The number of alkyl halides is 1. The molecule has 3 heteroatoms. The van der Waals surface area contributed by atoms with Crippen LogP contribution in [0.25, 0.3) is 0 Å². The molecule has 0 fully saturated rings. The zero-order chi connectivity index (χ0) is 12.7. The Morgan fingerprint density at radius 2 is 2.00 bits per heavy atom. The van der Waals surface area contributed by atoms with Crippen molar-refractivity contribution in [3.8, 4) is 11.5 Å². The predicted molar refractivity (Wildman–Crippen MR) is 72.4 cm³/mol. The van der Waals surface area contributed by atoms with Crippen molar-refractivity contribution < 1.29 is 9.47 Å². The lowest BCUT2D eigenvalue weighted by Crippen LogP contribution is -2.06. The van der Waals surface area contributed by atoms with E-state index in [2.05, 4.69) is 19.9 Å². The van der Waals surface area contributed by atoms with Crippen LogP contribution >= 0.6 is 11.6 Å². The molecule has 0 bridgehead atoms. The molecule has 0 heterocycles. The highest BCUT2D eigenvalue weighted by molar-refractivity contribution is 6.17. The maximum atomic E-state index is 5.75. The zero-order valence-electron chi connectivity index (χ0n) is 10.8. The summed E-state index contributed by atoms with van der Waals surface area (Å²) in [5.74, 6) is 2.81. The summed E-state index contributed by atoms with van der Waals surface area (Å²) in [7, 11) is 1.66. The van der Waals surface area contributed by atoms with Crippen molar-refractivity contribution >= 4 is 11.6 Å². The van der Waals surface area contributed by atoms with E-state index in [1.54, 1.807) is 7.11 Å². The molecular weight excluding hydrogens is 236 g/mol. The van der Waals surface area contributed by atoms with Crippen molar-refractivity contribution in [2.24, 2.45) is 5.92 Å². The summed E-state index contributed by atoms with van der Waals surface area (Å²) >= 11 is 5.70. The molecule has 0 aromatic heterocycles.